The van der Waals surface area contributed by atoms with Crippen LogP contribution in [0.3, 0.4) is 0 Å². The standard InChI is InChI=1S/C7H15.Y/c1-4-6-7(3)5-2;/h4,7H,5-6H2,1-3H3;/q-1;+3. The SMILES string of the molecule is C[CH-]CC(C)CC.[Y+3]. The van der Waals surface area contributed by atoms with Crippen molar-refractivity contribution in [3.8, 4) is 0 Å². The van der Waals surface area contributed by atoms with Crippen LogP contribution in [0.5, 0.6) is 0 Å². The molecule has 0 aromatic carbocycles. The minimum atomic E-state index is 0. The van der Waals surface area contributed by atoms with Gasteiger partial charge in [0.05, 0.1) is 0 Å². The van der Waals surface area contributed by atoms with Crippen molar-refractivity contribution in [2.45, 2.75) is 33.6 Å². The van der Waals surface area contributed by atoms with Crippen LogP contribution in [-0.4, -0.2) is 0 Å². The molecule has 0 heterocycles. The Hall–Kier alpha value is 1.10. The number of rotatable bonds is 3. The van der Waals surface area contributed by atoms with Gasteiger partial charge >= 0.3 is 32.7 Å². The van der Waals surface area contributed by atoms with Gasteiger partial charge in [0.25, 0.3) is 0 Å². The number of hydrogen-bond donors (Lipinski definition) is 0. The van der Waals surface area contributed by atoms with Crippen molar-refractivity contribution in [2.75, 3.05) is 0 Å². The van der Waals surface area contributed by atoms with E-state index in [1.165, 1.54) is 12.8 Å². The third-order valence-corrected chi connectivity index (χ3v) is 1.33. The van der Waals surface area contributed by atoms with Crippen molar-refractivity contribution >= 4 is 0 Å². The van der Waals surface area contributed by atoms with Crippen LogP contribution < -0.4 is 0 Å². The van der Waals surface area contributed by atoms with E-state index in [-0.39, 0.29) is 32.7 Å². The molecule has 1 unspecified atom stereocenters. The van der Waals surface area contributed by atoms with E-state index in [1.807, 2.05) is 0 Å². The Morgan fingerprint density at radius 3 is 2.12 bits per heavy atom. The fraction of sp³-hybridized carbons (Fsp3) is 0.857. The topological polar surface area (TPSA) is 0 Å². The molecule has 44 valence electrons. The van der Waals surface area contributed by atoms with Crippen LogP contribution >= 0.6 is 0 Å². The van der Waals surface area contributed by atoms with Gasteiger partial charge in [-0.3, -0.25) is 0 Å². The van der Waals surface area contributed by atoms with E-state index < -0.39 is 0 Å². The second-order valence-electron chi connectivity index (χ2n) is 2.16. The van der Waals surface area contributed by atoms with E-state index in [0.717, 1.165) is 5.92 Å². The molecular weight excluding hydrogens is 173 g/mol. The molecule has 0 fully saturated rings. The summed E-state index contributed by atoms with van der Waals surface area (Å²) in [5.74, 6) is 0.894. The molecular formula is C7H15Y+2. The van der Waals surface area contributed by atoms with Crippen molar-refractivity contribution in [3.63, 3.8) is 0 Å². The number of hydrogen-bond acceptors (Lipinski definition) is 0. The molecule has 0 N–H and O–H groups in total. The summed E-state index contributed by atoms with van der Waals surface area (Å²) in [6, 6.07) is 0. The van der Waals surface area contributed by atoms with Gasteiger partial charge in [-0.05, 0) is 0 Å². The summed E-state index contributed by atoms with van der Waals surface area (Å²) in [6.07, 6.45) is 4.81. The van der Waals surface area contributed by atoms with Gasteiger partial charge in [-0.1, -0.05) is 26.2 Å². The summed E-state index contributed by atoms with van der Waals surface area (Å²) in [7, 11) is 0. The molecule has 0 aliphatic rings. The van der Waals surface area contributed by atoms with Crippen LogP contribution in [-0.2, 0) is 32.7 Å². The molecule has 0 rings (SSSR count). The van der Waals surface area contributed by atoms with Gasteiger partial charge in [-0.15, -0.1) is 0 Å². The van der Waals surface area contributed by atoms with E-state index in [0.29, 0.717) is 0 Å². The zero-order chi connectivity index (χ0) is 5.70. The molecule has 0 amide bonds. The van der Waals surface area contributed by atoms with Crippen LogP contribution in [0.1, 0.15) is 33.6 Å². The zero-order valence-electron chi connectivity index (χ0n) is 6.15. The maximum atomic E-state index is 2.28. The molecule has 0 saturated carbocycles. The average Bonchev–Trinajstić information content (AvgIpc) is 1.68. The van der Waals surface area contributed by atoms with Crippen molar-refractivity contribution in [3.05, 3.63) is 6.42 Å². The van der Waals surface area contributed by atoms with Crippen LogP contribution in [0.4, 0.5) is 0 Å². The Labute approximate surface area is 78.3 Å². The molecule has 1 atom stereocenters. The molecule has 8 heavy (non-hydrogen) atoms. The summed E-state index contributed by atoms with van der Waals surface area (Å²) in [5.41, 5.74) is 0. The predicted molar refractivity (Wildman–Crippen MR) is 34.0 cm³/mol. The van der Waals surface area contributed by atoms with Gasteiger partial charge in [0, 0.05) is 0 Å². The third-order valence-electron chi connectivity index (χ3n) is 1.33. The van der Waals surface area contributed by atoms with E-state index in [1.54, 1.807) is 0 Å². The first kappa shape index (κ1) is 11.8. The van der Waals surface area contributed by atoms with Gasteiger partial charge < -0.3 is 6.42 Å². The first-order chi connectivity index (χ1) is 3.31. The average molecular weight is 188 g/mol. The second kappa shape index (κ2) is 8.10. The summed E-state index contributed by atoms with van der Waals surface area (Å²) >= 11 is 0. The van der Waals surface area contributed by atoms with Gasteiger partial charge in [0.2, 0.25) is 0 Å². The minimum absolute atomic E-state index is 0. The Morgan fingerprint density at radius 2 is 2.00 bits per heavy atom. The molecule has 0 aromatic rings. The van der Waals surface area contributed by atoms with Gasteiger partial charge in [-0.25, -0.2) is 0 Å². The summed E-state index contributed by atoms with van der Waals surface area (Å²) < 4.78 is 0. The minimum Gasteiger partial charge on any atom is -0.331 e. The summed E-state index contributed by atoms with van der Waals surface area (Å²) in [4.78, 5) is 0. The fourth-order valence-corrected chi connectivity index (χ4v) is 0.569. The second-order valence-corrected chi connectivity index (χ2v) is 2.16. The van der Waals surface area contributed by atoms with Crippen LogP contribution in [0, 0.1) is 12.3 Å². The smallest absolute Gasteiger partial charge is 0.331 e. The fourth-order valence-electron chi connectivity index (χ4n) is 0.569. The van der Waals surface area contributed by atoms with Gasteiger partial charge in [0.15, 0.2) is 0 Å². The third kappa shape index (κ3) is 7.10. The van der Waals surface area contributed by atoms with Crippen molar-refractivity contribution in [1.29, 1.82) is 0 Å². The van der Waals surface area contributed by atoms with Crippen LogP contribution in [0.15, 0.2) is 0 Å². The zero-order valence-corrected chi connectivity index (χ0v) is 8.98. The Kier molecular flexibility index (Phi) is 12.0. The van der Waals surface area contributed by atoms with E-state index >= 15 is 0 Å². The van der Waals surface area contributed by atoms with Gasteiger partial charge in [-0.2, -0.15) is 13.3 Å². The monoisotopic (exact) mass is 188 g/mol. The molecule has 0 aromatic heterocycles. The largest absolute Gasteiger partial charge is 3.00 e. The maximum Gasteiger partial charge on any atom is 3.00 e. The molecule has 0 spiro atoms. The first-order valence-corrected chi connectivity index (χ1v) is 3.09. The summed E-state index contributed by atoms with van der Waals surface area (Å²) in [6.45, 7) is 6.63. The van der Waals surface area contributed by atoms with Gasteiger partial charge in [0.1, 0.15) is 0 Å². The van der Waals surface area contributed by atoms with E-state index in [9.17, 15) is 0 Å². The summed E-state index contributed by atoms with van der Waals surface area (Å²) in [5, 5.41) is 0. The van der Waals surface area contributed by atoms with Crippen molar-refractivity contribution < 1.29 is 32.7 Å². The van der Waals surface area contributed by atoms with Crippen LogP contribution in [0.25, 0.3) is 0 Å². The quantitative estimate of drug-likeness (QED) is 0.597. The molecule has 0 nitrogen and oxygen atoms in total. The van der Waals surface area contributed by atoms with Crippen molar-refractivity contribution in [1.82, 2.24) is 0 Å². The van der Waals surface area contributed by atoms with Crippen molar-refractivity contribution in [2.24, 2.45) is 5.92 Å². The van der Waals surface area contributed by atoms with Crippen LogP contribution in [0.2, 0.25) is 0 Å². The molecule has 1 heteroatoms. The Bertz CT molecular complexity index is 35.4. The molecule has 0 aliphatic heterocycles. The van der Waals surface area contributed by atoms with E-state index in [4.69, 9.17) is 0 Å². The Balaban J connectivity index is 0. The maximum absolute atomic E-state index is 2.28. The molecule has 0 saturated heterocycles. The van der Waals surface area contributed by atoms with E-state index in [2.05, 4.69) is 27.2 Å². The Morgan fingerprint density at radius 1 is 1.50 bits per heavy atom. The molecule has 0 radical (unpaired) electrons. The first-order valence-electron chi connectivity index (χ1n) is 3.09. The normalized spacial score (nSPS) is 12.4. The predicted octanol–water partition coefficient (Wildman–Crippen LogP) is 2.64. The molecule has 0 bridgehead atoms. The molecule has 0 aliphatic carbocycles.